The predicted octanol–water partition coefficient (Wildman–Crippen LogP) is -0.165. The van der Waals surface area contributed by atoms with Crippen molar-refractivity contribution in [1.29, 1.82) is 0 Å². The fourth-order valence-electron chi connectivity index (χ4n) is 1.08. The lowest BCUT2D eigenvalue weighted by atomic mass is 10.3. The minimum Gasteiger partial charge on any atom is -0.480 e. The molecule has 0 aliphatic rings. The fraction of sp³-hybridized carbons (Fsp3) is 0.700. The first-order valence-corrected chi connectivity index (χ1v) is 6.41. The van der Waals surface area contributed by atoms with E-state index in [1.165, 1.54) is 18.7 Å². The summed E-state index contributed by atoms with van der Waals surface area (Å²) in [6.07, 6.45) is 1.12. The van der Waals surface area contributed by atoms with Crippen molar-refractivity contribution in [3.8, 4) is 0 Å². The van der Waals surface area contributed by atoms with Gasteiger partial charge in [-0.25, -0.2) is 4.79 Å². The van der Waals surface area contributed by atoms with E-state index >= 15 is 0 Å². The summed E-state index contributed by atoms with van der Waals surface area (Å²) < 4.78 is 0. The Hall–Kier alpha value is -1.24. The molecule has 0 aromatic rings. The van der Waals surface area contributed by atoms with Crippen LogP contribution in [0.4, 0.5) is 0 Å². The maximum absolute atomic E-state index is 10.9. The van der Waals surface area contributed by atoms with Gasteiger partial charge in [0.25, 0.3) is 0 Å². The summed E-state index contributed by atoms with van der Waals surface area (Å²) in [6.45, 7) is 1.28. The van der Waals surface area contributed by atoms with E-state index < -0.39 is 12.0 Å². The van der Waals surface area contributed by atoms with Crippen LogP contribution in [0.25, 0.3) is 0 Å². The minimum atomic E-state index is -1.04. The molecule has 0 bridgehead atoms. The smallest absolute Gasteiger partial charge is 0.327 e. The number of hydrogen-bond donors (Lipinski definition) is 3. The quantitative estimate of drug-likeness (QED) is 0.528. The molecule has 98 valence electrons. The van der Waals surface area contributed by atoms with Crippen LogP contribution in [0.3, 0.4) is 0 Å². The number of hydrogen-bond acceptors (Lipinski definition) is 4. The van der Waals surface area contributed by atoms with Crippen molar-refractivity contribution in [1.82, 2.24) is 10.6 Å². The lowest BCUT2D eigenvalue weighted by Crippen LogP contribution is -2.41. The molecule has 0 aromatic heterocycles. The van der Waals surface area contributed by atoms with Gasteiger partial charge in [-0.1, -0.05) is 0 Å². The summed E-state index contributed by atoms with van der Waals surface area (Å²) in [5, 5.41) is 13.7. The second-order valence-corrected chi connectivity index (χ2v) is 4.59. The van der Waals surface area contributed by atoms with Crippen LogP contribution in [0.1, 0.15) is 19.8 Å². The predicted molar refractivity (Wildman–Crippen MR) is 65.9 cm³/mol. The zero-order valence-electron chi connectivity index (χ0n) is 9.99. The van der Waals surface area contributed by atoms with Crippen LogP contribution in [0.15, 0.2) is 0 Å². The van der Waals surface area contributed by atoms with Gasteiger partial charge in [0, 0.05) is 26.1 Å². The van der Waals surface area contributed by atoms with Crippen molar-refractivity contribution in [2.24, 2.45) is 0 Å². The molecule has 0 rings (SSSR count). The van der Waals surface area contributed by atoms with E-state index in [4.69, 9.17) is 5.11 Å². The molecule has 0 radical (unpaired) electrons. The van der Waals surface area contributed by atoms with Gasteiger partial charge in [0.1, 0.15) is 6.04 Å². The molecule has 17 heavy (non-hydrogen) atoms. The standard InChI is InChI=1S/C10H18N2O4S/c1-7(13)12-8(10(15)16)6-17-5-3-4-9(14)11-2/h8H,3-6H2,1-2H3,(H,11,14)(H,12,13)(H,15,16)/t8-/m0/s1. The Balaban J connectivity index is 3.72. The van der Waals surface area contributed by atoms with Crippen molar-refractivity contribution in [2.75, 3.05) is 18.6 Å². The Kier molecular flexibility index (Phi) is 8.21. The summed E-state index contributed by atoms with van der Waals surface area (Å²) in [5.74, 6) is -0.427. The number of nitrogens with one attached hydrogen (secondary N) is 2. The van der Waals surface area contributed by atoms with Crippen molar-refractivity contribution >= 4 is 29.5 Å². The first-order chi connectivity index (χ1) is 7.97. The molecule has 0 fully saturated rings. The van der Waals surface area contributed by atoms with Crippen LogP contribution in [-0.4, -0.2) is 47.5 Å². The largest absolute Gasteiger partial charge is 0.480 e. The van der Waals surface area contributed by atoms with E-state index in [9.17, 15) is 14.4 Å². The molecular weight excluding hydrogens is 244 g/mol. The monoisotopic (exact) mass is 262 g/mol. The Labute approximate surface area is 105 Å². The Morgan fingerprint density at radius 3 is 2.47 bits per heavy atom. The molecule has 0 saturated carbocycles. The summed E-state index contributed by atoms with van der Waals surface area (Å²) in [5.41, 5.74) is 0. The highest BCUT2D eigenvalue weighted by atomic mass is 32.2. The van der Waals surface area contributed by atoms with Crippen molar-refractivity contribution < 1.29 is 19.5 Å². The van der Waals surface area contributed by atoms with E-state index in [0.717, 1.165) is 0 Å². The number of aliphatic carboxylic acids is 1. The van der Waals surface area contributed by atoms with Gasteiger partial charge < -0.3 is 15.7 Å². The number of carbonyl (C=O) groups excluding carboxylic acids is 2. The molecule has 0 unspecified atom stereocenters. The number of amides is 2. The third kappa shape index (κ3) is 8.56. The maximum Gasteiger partial charge on any atom is 0.327 e. The maximum atomic E-state index is 10.9. The van der Waals surface area contributed by atoms with Gasteiger partial charge in [0.15, 0.2) is 0 Å². The molecule has 1 atom stereocenters. The summed E-state index contributed by atoms with van der Waals surface area (Å²) in [6, 6.07) is -0.863. The molecule has 0 spiro atoms. The lowest BCUT2D eigenvalue weighted by Gasteiger charge is -2.12. The highest BCUT2D eigenvalue weighted by molar-refractivity contribution is 7.99. The lowest BCUT2D eigenvalue weighted by molar-refractivity contribution is -0.140. The molecular formula is C10H18N2O4S. The van der Waals surface area contributed by atoms with Crippen LogP contribution in [0.2, 0.25) is 0 Å². The first kappa shape index (κ1) is 15.8. The fourth-order valence-corrected chi connectivity index (χ4v) is 2.06. The van der Waals surface area contributed by atoms with E-state index in [-0.39, 0.29) is 11.8 Å². The third-order valence-electron chi connectivity index (χ3n) is 1.93. The second-order valence-electron chi connectivity index (χ2n) is 3.44. The summed E-state index contributed by atoms with van der Waals surface area (Å²) in [7, 11) is 1.58. The molecule has 6 nitrogen and oxygen atoms in total. The Morgan fingerprint density at radius 2 is 2.00 bits per heavy atom. The molecule has 0 saturated heterocycles. The van der Waals surface area contributed by atoms with Gasteiger partial charge in [-0.2, -0.15) is 11.8 Å². The number of rotatable bonds is 8. The van der Waals surface area contributed by atoms with Gasteiger partial charge in [0.05, 0.1) is 0 Å². The Morgan fingerprint density at radius 1 is 1.35 bits per heavy atom. The Bertz CT molecular complexity index is 283. The van der Waals surface area contributed by atoms with Crippen LogP contribution in [0.5, 0.6) is 0 Å². The van der Waals surface area contributed by atoms with Crippen molar-refractivity contribution in [3.05, 3.63) is 0 Å². The van der Waals surface area contributed by atoms with Gasteiger partial charge in [-0.3, -0.25) is 9.59 Å². The highest BCUT2D eigenvalue weighted by Crippen LogP contribution is 2.07. The second kappa shape index (κ2) is 8.86. The van der Waals surface area contributed by atoms with Gasteiger partial charge in [-0.15, -0.1) is 0 Å². The normalized spacial score (nSPS) is 11.6. The van der Waals surface area contributed by atoms with Crippen molar-refractivity contribution in [3.63, 3.8) is 0 Å². The number of thioether (sulfide) groups is 1. The molecule has 0 aromatic carbocycles. The minimum absolute atomic E-state index is 0.0257. The summed E-state index contributed by atoms with van der Waals surface area (Å²) in [4.78, 5) is 32.4. The zero-order valence-corrected chi connectivity index (χ0v) is 10.8. The molecule has 0 aliphatic carbocycles. The highest BCUT2D eigenvalue weighted by Gasteiger charge is 2.17. The topological polar surface area (TPSA) is 95.5 Å². The van der Waals surface area contributed by atoms with Gasteiger partial charge in [0.2, 0.25) is 11.8 Å². The van der Waals surface area contributed by atoms with Crippen LogP contribution >= 0.6 is 11.8 Å². The van der Waals surface area contributed by atoms with Gasteiger partial charge >= 0.3 is 5.97 Å². The molecule has 3 N–H and O–H groups in total. The molecule has 2 amide bonds. The summed E-state index contributed by atoms with van der Waals surface area (Å²) >= 11 is 1.41. The van der Waals surface area contributed by atoms with E-state index in [1.807, 2.05) is 0 Å². The van der Waals surface area contributed by atoms with E-state index in [1.54, 1.807) is 7.05 Å². The van der Waals surface area contributed by atoms with Crippen molar-refractivity contribution in [2.45, 2.75) is 25.8 Å². The van der Waals surface area contributed by atoms with E-state index in [2.05, 4.69) is 10.6 Å². The zero-order chi connectivity index (χ0) is 13.3. The van der Waals surface area contributed by atoms with E-state index in [0.29, 0.717) is 24.3 Å². The number of carbonyl (C=O) groups is 3. The average Bonchev–Trinajstić information content (AvgIpc) is 2.25. The SMILES string of the molecule is CNC(=O)CCCSC[C@H](NC(C)=O)C(=O)O. The van der Waals surface area contributed by atoms with Gasteiger partial charge in [-0.05, 0) is 12.2 Å². The number of carboxylic acid groups (broad SMARTS) is 1. The third-order valence-corrected chi connectivity index (χ3v) is 3.08. The molecule has 7 heteroatoms. The average molecular weight is 262 g/mol. The van der Waals surface area contributed by atoms with Crippen LogP contribution in [-0.2, 0) is 14.4 Å². The van der Waals surface area contributed by atoms with Crippen LogP contribution in [0, 0.1) is 0 Å². The molecule has 0 heterocycles. The first-order valence-electron chi connectivity index (χ1n) is 5.25. The molecule has 0 aliphatic heterocycles. The number of carboxylic acids is 1. The van der Waals surface area contributed by atoms with Crippen LogP contribution < -0.4 is 10.6 Å².